The maximum Gasteiger partial charge on any atom is 0.273 e. The molecule has 0 radical (unpaired) electrons. The molecule has 8 heteroatoms. The van der Waals surface area contributed by atoms with E-state index in [1.165, 1.54) is 16.9 Å². The lowest BCUT2D eigenvalue weighted by molar-refractivity contribution is 0.0927. The lowest BCUT2D eigenvalue weighted by Crippen LogP contribution is -2.33. The van der Waals surface area contributed by atoms with Gasteiger partial charge in [-0.15, -0.1) is 5.10 Å². The van der Waals surface area contributed by atoms with Crippen molar-refractivity contribution in [2.45, 2.75) is 19.6 Å². The second-order valence-corrected chi connectivity index (χ2v) is 5.72. The summed E-state index contributed by atoms with van der Waals surface area (Å²) in [5.74, 6) is -0.0631. The highest BCUT2D eigenvalue weighted by Crippen LogP contribution is 2.09. The Labute approximate surface area is 149 Å². The average molecular weight is 355 g/mol. The van der Waals surface area contributed by atoms with Gasteiger partial charge in [-0.3, -0.25) is 9.78 Å². The summed E-state index contributed by atoms with van der Waals surface area (Å²) in [5, 5.41) is 10.4. The topological polar surface area (TPSA) is 81.9 Å². The minimum absolute atomic E-state index is 0.162. The molecule has 0 aliphatic rings. The van der Waals surface area contributed by atoms with Crippen LogP contribution in [-0.4, -0.2) is 38.5 Å². The van der Waals surface area contributed by atoms with E-state index >= 15 is 0 Å². The van der Waals surface area contributed by atoms with Gasteiger partial charge in [-0.1, -0.05) is 23.4 Å². The predicted octanol–water partition coefficient (Wildman–Crippen LogP) is 2.06. The predicted molar refractivity (Wildman–Crippen MR) is 92.2 cm³/mol. The molecule has 3 aromatic rings. The van der Waals surface area contributed by atoms with Gasteiger partial charge >= 0.3 is 0 Å². The van der Waals surface area contributed by atoms with Gasteiger partial charge in [0.15, 0.2) is 5.69 Å². The van der Waals surface area contributed by atoms with E-state index in [0.29, 0.717) is 17.9 Å². The molecular formula is C18H18FN5O2. The third-order valence-corrected chi connectivity index (χ3v) is 3.58. The van der Waals surface area contributed by atoms with Crippen LogP contribution >= 0.6 is 0 Å². The van der Waals surface area contributed by atoms with Crippen molar-refractivity contribution in [1.82, 2.24) is 25.3 Å². The van der Waals surface area contributed by atoms with E-state index < -0.39 is 0 Å². The molecule has 1 atom stereocenters. The number of nitrogens with one attached hydrogen (secondary N) is 1. The van der Waals surface area contributed by atoms with Gasteiger partial charge in [-0.2, -0.15) is 0 Å². The van der Waals surface area contributed by atoms with E-state index in [0.717, 1.165) is 0 Å². The SMILES string of the molecule is C[C@H](CNC(=O)c1cn(Cc2ccccc2F)nn1)Oc1cccnc1. The molecule has 0 unspecified atom stereocenters. The molecule has 7 nitrogen and oxygen atoms in total. The molecular weight excluding hydrogens is 337 g/mol. The van der Waals surface area contributed by atoms with Crippen LogP contribution < -0.4 is 10.1 Å². The second kappa shape index (κ2) is 8.19. The summed E-state index contributed by atoms with van der Waals surface area (Å²) < 4.78 is 20.7. The fraction of sp³-hybridized carbons (Fsp3) is 0.222. The maximum atomic E-state index is 13.7. The summed E-state index contributed by atoms with van der Waals surface area (Å²) in [6.45, 7) is 2.34. The molecule has 0 aliphatic carbocycles. The molecule has 0 spiro atoms. The van der Waals surface area contributed by atoms with Crippen LogP contribution in [0.4, 0.5) is 4.39 Å². The lowest BCUT2D eigenvalue weighted by Gasteiger charge is -2.14. The Morgan fingerprint density at radius 3 is 2.92 bits per heavy atom. The van der Waals surface area contributed by atoms with Crippen LogP contribution in [0.1, 0.15) is 23.0 Å². The number of ether oxygens (including phenoxy) is 1. The highest BCUT2D eigenvalue weighted by Gasteiger charge is 2.13. The Hall–Kier alpha value is -3.29. The van der Waals surface area contributed by atoms with E-state index in [4.69, 9.17) is 4.74 Å². The van der Waals surface area contributed by atoms with E-state index in [1.54, 1.807) is 42.7 Å². The summed E-state index contributed by atoms with van der Waals surface area (Å²) in [4.78, 5) is 16.1. The van der Waals surface area contributed by atoms with E-state index in [-0.39, 0.29) is 30.1 Å². The number of carbonyl (C=O) groups is 1. The van der Waals surface area contributed by atoms with Crippen molar-refractivity contribution in [2.75, 3.05) is 6.54 Å². The third kappa shape index (κ3) is 4.62. The first-order chi connectivity index (χ1) is 12.6. The molecule has 1 aromatic carbocycles. The minimum Gasteiger partial charge on any atom is -0.487 e. The molecule has 0 fully saturated rings. The lowest BCUT2D eigenvalue weighted by atomic mass is 10.2. The van der Waals surface area contributed by atoms with E-state index in [9.17, 15) is 9.18 Å². The largest absolute Gasteiger partial charge is 0.487 e. The Bertz CT molecular complexity index is 869. The number of nitrogens with zero attached hydrogens (tertiary/aromatic N) is 4. The number of hydrogen-bond donors (Lipinski definition) is 1. The van der Waals surface area contributed by atoms with Crippen LogP contribution in [-0.2, 0) is 6.54 Å². The minimum atomic E-state index is -0.369. The van der Waals surface area contributed by atoms with Crippen molar-refractivity contribution in [1.29, 1.82) is 0 Å². The fourth-order valence-electron chi connectivity index (χ4n) is 2.30. The molecule has 26 heavy (non-hydrogen) atoms. The number of pyridine rings is 1. The van der Waals surface area contributed by atoms with Gasteiger partial charge in [0.25, 0.3) is 5.91 Å². The van der Waals surface area contributed by atoms with Gasteiger partial charge in [0.1, 0.15) is 17.7 Å². The number of rotatable bonds is 7. The molecule has 134 valence electrons. The number of amides is 1. The molecule has 0 aliphatic heterocycles. The van der Waals surface area contributed by atoms with Crippen molar-refractivity contribution in [2.24, 2.45) is 0 Å². The van der Waals surface area contributed by atoms with Gasteiger partial charge in [-0.05, 0) is 25.1 Å². The molecule has 0 bridgehead atoms. The summed E-state index contributed by atoms with van der Waals surface area (Å²) in [7, 11) is 0. The molecule has 2 aromatic heterocycles. The zero-order chi connectivity index (χ0) is 18.4. The molecule has 2 heterocycles. The Morgan fingerprint density at radius 2 is 2.15 bits per heavy atom. The highest BCUT2D eigenvalue weighted by molar-refractivity contribution is 5.91. The first-order valence-electron chi connectivity index (χ1n) is 8.10. The van der Waals surface area contributed by atoms with Crippen molar-refractivity contribution in [3.8, 4) is 5.75 Å². The van der Waals surface area contributed by atoms with Crippen LogP contribution in [0.3, 0.4) is 0 Å². The summed E-state index contributed by atoms with van der Waals surface area (Å²) >= 11 is 0. The summed E-state index contributed by atoms with van der Waals surface area (Å²) in [6, 6.07) is 9.96. The normalized spacial score (nSPS) is 11.8. The second-order valence-electron chi connectivity index (χ2n) is 5.72. The standard InChI is InChI=1S/C18H18FN5O2/c1-13(26-15-6-4-8-20-10-15)9-21-18(25)17-12-24(23-22-17)11-14-5-2-3-7-16(14)19/h2-8,10,12-13H,9,11H2,1H3,(H,21,25)/t13-/m1/s1. The first kappa shape index (κ1) is 17.5. The monoisotopic (exact) mass is 355 g/mol. The van der Waals surface area contributed by atoms with Crippen molar-refractivity contribution in [3.05, 3.63) is 72.1 Å². The number of benzene rings is 1. The molecule has 0 saturated heterocycles. The Morgan fingerprint density at radius 1 is 1.31 bits per heavy atom. The van der Waals surface area contributed by atoms with Gasteiger partial charge in [0.05, 0.1) is 25.5 Å². The summed E-state index contributed by atoms with van der Waals surface area (Å²) in [6.07, 6.45) is 4.50. The smallest absolute Gasteiger partial charge is 0.273 e. The van der Waals surface area contributed by atoms with Gasteiger partial charge in [0, 0.05) is 11.8 Å². The van der Waals surface area contributed by atoms with Crippen LogP contribution in [0.2, 0.25) is 0 Å². The zero-order valence-corrected chi connectivity index (χ0v) is 14.2. The molecule has 3 rings (SSSR count). The van der Waals surface area contributed by atoms with Crippen LogP contribution in [0.5, 0.6) is 5.75 Å². The van der Waals surface area contributed by atoms with Gasteiger partial charge < -0.3 is 10.1 Å². The number of carbonyl (C=O) groups excluding carboxylic acids is 1. The van der Waals surface area contributed by atoms with Gasteiger partial charge in [0.2, 0.25) is 0 Å². The van der Waals surface area contributed by atoms with Crippen molar-refractivity contribution >= 4 is 5.91 Å². The molecule has 1 amide bonds. The van der Waals surface area contributed by atoms with Crippen molar-refractivity contribution < 1.29 is 13.9 Å². The quantitative estimate of drug-likeness (QED) is 0.701. The highest BCUT2D eigenvalue weighted by atomic mass is 19.1. The van der Waals surface area contributed by atoms with Crippen molar-refractivity contribution in [3.63, 3.8) is 0 Å². The van der Waals surface area contributed by atoms with E-state index in [2.05, 4.69) is 20.6 Å². The van der Waals surface area contributed by atoms with Crippen LogP contribution in [0.15, 0.2) is 55.0 Å². The van der Waals surface area contributed by atoms with Gasteiger partial charge in [-0.25, -0.2) is 9.07 Å². The summed E-state index contributed by atoms with van der Waals surface area (Å²) in [5.41, 5.74) is 0.637. The zero-order valence-electron chi connectivity index (χ0n) is 14.2. The Balaban J connectivity index is 1.52. The number of hydrogen-bond acceptors (Lipinski definition) is 5. The Kier molecular flexibility index (Phi) is 5.52. The van der Waals surface area contributed by atoms with E-state index in [1.807, 2.05) is 6.92 Å². The van der Waals surface area contributed by atoms with Crippen LogP contribution in [0.25, 0.3) is 0 Å². The fourth-order valence-corrected chi connectivity index (χ4v) is 2.30. The molecule has 0 saturated carbocycles. The average Bonchev–Trinajstić information content (AvgIpc) is 3.11. The number of aromatic nitrogens is 4. The molecule has 1 N–H and O–H groups in total. The number of halogens is 1. The maximum absolute atomic E-state index is 13.7. The first-order valence-corrected chi connectivity index (χ1v) is 8.10. The van der Waals surface area contributed by atoms with Crippen LogP contribution in [0, 0.1) is 5.82 Å². The third-order valence-electron chi connectivity index (χ3n) is 3.58.